The standard InChI is InChI=1S/C23H31Cl2N5O6S/c1-14-8-9-16(29-20(31)15(2)30-21(32)19(25)17(24)13-27-30)12-18(14)37(34,35)28-11-7-6-10-26-22(33)36-23(3,4)5/h8-9,12-13,15,28H,6-7,10-11H2,1-5H3,(H,26,33)(H,29,31)/t15-/m0/s1. The lowest BCUT2D eigenvalue weighted by molar-refractivity contribution is -0.119. The van der Waals surface area contributed by atoms with Crippen LogP contribution < -0.4 is 20.9 Å². The molecule has 0 aliphatic heterocycles. The number of hydrogen-bond acceptors (Lipinski definition) is 7. The van der Waals surface area contributed by atoms with Crippen molar-refractivity contribution in [3.05, 3.63) is 50.4 Å². The van der Waals surface area contributed by atoms with E-state index < -0.39 is 39.2 Å². The molecular formula is C23H31Cl2N5O6S. The number of rotatable bonds is 10. The molecule has 0 aliphatic carbocycles. The van der Waals surface area contributed by atoms with E-state index in [2.05, 4.69) is 20.5 Å². The number of carbonyl (C=O) groups excluding carboxylic acids is 2. The van der Waals surface area contributed by atoms with Gasteiger partial charge in [-0.25, -0.2) is 22.6 Å². The highest BCUT2D eigenvalue weighted by Crippen LogP contribution is 2.22. The first-order valence-electron chi connectivity index (χ1n) is 11.4. The van der Waals surface area contributed by atoms with Crippen LogP contribution in [0, 0.1) is 6.92 Å². The number of sulfonamides is 1. The van der Waals surface area contributed by atoms with Crippen molar-refractivity contribution in [3.63, 3.8) is 0 Å². The van der Waals surface area contributed by atoms with Gasteiger partial charge in [0.1, 0.15) is 16.7 Å². The first-order chi connectivity index (χ1) is 17.1. The Labute approximate surface area is 225 Å². The van der Waals surface area contributed by atoms with Crippen molar-refractivity contribution in [2.24, 2.45) is 0 Å². The van der Waals surface area contributed by atoms with Crippen LogP contribution in [0.3, 0.4) is 0 Å². The van der Waals surface area contributed by atoms with Crippen molar-refractivity contribution in [2.45, 2.75) is 64.0 Å². The molecular weight excluding hydrogens is 545 g/mol. The smallest absolute Gasteiger partial charge is 0.407 e. The zero-order chi connectivity index (χ0) is 28.0. The van der Waals surface area contributed by atoms with E-state index in [0.717, 1.165) is 10.9 Å². The molecule has 1 heterocycles. The van der Waals surface area contributed by atoms with E-state index >= 15 is 0 Å². The average Bonchev–Trinajstić information content (AvgIpc) is 2.79. The Balaban J connectivity index is 1.98. The number of anilines is 1. The quantitative estimate of drug-likeness (QED) is 0.366. The molecule has 1 aromatic carbocycles. The molecule has 2 rings (SSSR count). The van der Waals surface area contributed by atoms with Crippen LogP contribution in [0.25, 0.3) is 0 Å². The maximum atomic E-state index is 12.9. The van der Waals surface area contributed by atoms with Gasteiger partial charge in [-0.2, -0.15) is 5.10 Å². The van der Waals surface area contributed by atoms with Crippen molar-refractivity contribution >= 4 is 50.9 Å². The molecule has 14 heteroatoms. The fourth-order valence-corrected chi connectivity index (χ4v) is 4.67. The molecule has 37 heavy (non-hydrogen) atoms. The van der Waals surface area contributed by atoms with Crippen molar-refractivity contribution < 1.29 is 22.7 Å². The first-order valence-corrected chi connectivity index (χ1v) is 13.7. The Bertz CT molecular complexity index is 1310. The van der Waals surface area contributed by atoms with Gasteiger partial charge in [-0.1, -0.05) is 29.3 Å². The van der Waals surface area contributed by atoms with Gasteiger partial charge in [0.15, 0.2) is 0 Å². The van der Waals surface area contributed by atoms with Gasteiger partial charge in [-0.05, 0) is 65.2 Å². The number of hydrogen-bond donors (Lipinski definition) is 3. The summed E-state index contributed by atoms with van der Waals surface area (Å²) in [6, 6.07) is 3.39. The van der Waals surface area contributed by atoms with Crippen molar-refractivity contribution in [1.82, 2.24) is 19.8 Å². The topological polar surface area (TPSA) is 148 Å². The zero-order valence-corrected chi connectivity index (χ0v) is 23.6. The summed E-state index contributed by atoms with van der Waals surface area (Å²) < 4.78 is 34.3. The van der Waals surface area contributed by atoms with Crippen LogP contribution in [0.5, 0.6) is 0 Å². The number of nitrogens with one attached hydrogen (secondary N) is 3. The number of halogens is 2. The van der Waals surface area contributed by atoms with Crippen molar-refractivity contribution in [2.75, 3.05) is 18.4 Å². The van der Waals surface area contributed by atoms with E-state index in [-0.39, 0.29) is 27.2 Å². The molecule has 2 amide bonds. The number of amides is 2. The summed E-state index contributed by atoms with van der Waals surface area (Å²) in [6.45, 7) is 8.85. The summed E-state index contributed by atoms with van der Waals surface area (Å²) in [5.41, 5.74) is -0.624. The van der Waals surface area contributed by atoms with Gasteiger partial charge in [-0.3, -0.25) is 9.59 Å². The number of nitrogens with zero attached hydrogens (tertiary/aromatic N) is 2. The van der Waals surface area contributed by atoms with Crippen LogP contribution in [0.15, 0.2) is 34.1 Å². The maximum Gasteiger partial charge on any atom is 0.407 e. The van der Waals surface area contributed by atoms with E-state index in [0.29, 0.717) is 24.9 Å². The number of carbonyl (C=O) groups is 2. The molecule has 0 bridgehead atoms. The van der Waals surface area contributed by atoms with Crippen LogP contribution in [-0.4, -0.2) is 48.9 Å². The van der Waals surface area contributed by atoms with E-state index in [9.17, 15) is 22.8 Å². The summed E-state index contributed by atoms with van der Waals surface area (Å²) in [4.78, 5) is 36.6. The molecule has 0 spiro atoms. The Morgan fingerprint density at radius 1 is 1.16 bits per heavy atom. The number of benzene rings is 1. The molecule has 3 N–H and O–H groups in total. The Hall–Kier alpha value is -2.67. The fraction of sp³-hybridized carbons (Fsp3) is 0.478. The maximum absolute atomic E-state index is 12.9. The van der Waals surface area contributed by atoms with Gasteiger partial charge in [0.25, 0.3) is 5.56 Å². The molecule has 1 aromatic heterocycles. The minimum absolute atomic E-state index is 0.00494. The molecule has 0 unspecified atom stereocenters. The van der Waals surface area contributed by atoms with E-state index in [1.54, 1.807) is 39.8 Å². The SMILES string of the molecule is Cc1ccc(NC(=O)[C@H](C)n2ncc(Cl)c(Cl)c2=O)cc1S(=O)(=O)NCCCCNC(=O)OC(C)(C)C. The molecule has 0 aliphatic rings. The third-order valence-corrected chi connectivity index (χ3v) is 7.31. The predicted octanol–water partition coefficient (Wildman–Crippen LogP) is 3.64. The van der Waals surface area contributed by atoms with Crippen LogP contribution in [-0.2, 0) is 19.6 Å². The lowest BCUT2D eigenvalue weighted by Crippen LogP contribution is -2.33. The summed E-state index contributed by atoms with van der Waals surface area (Å²) in [6.07, 6.45) is 1.64. The van der Waals surface area contributed by atoms with Crippen molar-refractivity contribution in [1.29, 1.82) is 0 Å². The van der Waals surface area contributed by atoms with Gasteiger partial charge >= 0.3 is 6.09 Å². The van der Waals surface area contributed by atoms with Gasteiger partial charge < -0.3 is 15.4 Å². The second-order valence-corrected chi connectivity index (χ2v) is 11.8. The third kappa shape index (κ3) is 8.99. The minimum Gasteiger partial charge on any atom is -0.444 e. The zero-order valence-electron chi connectivity index (χ0n) is 21.2. The Morgan fingerprint density at radius 2 is 1.81 bits per heavy atom. The van der Waals surface area contributed by atoms with Crippen LogP contribution in [0.4, 0.5) is 10.5 Å². The van der Waals surface area contributed by atoms with E-state index in [4.69, 9.17) is 27.9 Å². The summed E-state index contributed by atoms with van der Waals surface area (Å²) in [7, 11) is -3.88. The van der Waals surface area contributed by atoms with Crippen LogP contribution in [0.2, 0.25) is 10.0 Å². The van der Waals surface area contributed by atoms with Gasteiger partial charge in [0.05, 0.1) is 16.1 Å². The lowest BCUT2D eigenvalue weighted by atomic mass is 10.2. The number of alkyl carbamates (subject to hydrolysis) is 1. The summed E-state index contributed by atoms with van der Waals surface area (Å²) in [5, 5.41) is 8.76. The largest absolute Gasteiger partial charge is 0.444 e. The molecule has 0 radical (unpaired) electrons. The molecule has 11 nitrogen and oxygen atoms in total. The number of aryl methyl sites for hydroxylation is 1. The number of ether oxygens (including phenoxy) is 1. The Kier molecular flexibility index (Phi) is 10.5. The van der Waals surface area contributed by atoms with E-state index in [1.807, 2.05) is 0 Å². The molecule has 0 saturated heterocycles. The van der Waals surface area contributed by atoms with Crippen molar-refractivity contribution in [3.8, 4) is 0 Å². The molecule has 0 saturated carbocycles. The number of unbranched alkanes of at least 4 members (excludes halogenated alkanes) is 1. The fourth-order valence-electron chi connectivity index (χ4n) is 3.06. The average molecular weight is 577 g/mol. The third-order valence-electron chi connectivity index (χ3n) is 4.96. The van der Waals surface area contributed by atoms with Gasteiger partial charge in [-0.15, -0.1) is 0 Å². The molecule has 1 atom stereocenters. The second-order valence-electron chi connectivity index (χ2n) is 9.24. The number of aromatic nitrogens is 2. The monoisotopic (exact) mass is 575 g/mol. The minimum atomic E-state index is -3.88. The summed E-state index contributed by atoms with van der Waals surface area (Å²) >= 11 is 11.6. The Morgan fingerprint density at radius 3 is 2.46 bits per heavy atom. The normalized spacial score (nSPS) is 12.6. The van der Waals surface area contributed by atoms with Crippen LogP contribution in [0.1, 0.15) is 52.1 Å². The molecule has 2 aromatic rings. The highest BCUT2D eigenvalue weighted by Gasteiger charge is 2.22. The second kappa shape index (κ2) is 12.7. The molecule has 204 valence electrons. The predicted molar refractivity (Wildman–Crippen MR) is 142 cm³/mol. The highest BCUT2D eigenvalue weighted by atomic mass is 35.5. The highest BCUT2D eigenvalue weighted by molar-refractivity contribution is 7.89. The van der Waals surface area contributed by atoms with Gasteiger partial charge in [0.2, 0.25) is 15.9 Å². The van der Waals surface area contributed by atoms with Crippen LogP contribution >= 0.6 is 23.2 Å². The summed E-state index contributed by atoms with van der Waals surface area (Å²) in [5.74, 6) is -0.606. The van der Waals surface area contributed by atoms with E-state index in [1.165, 1.54) is 13.0 Å². The first kappa shape index (κ1) is 30.6. The molecule has 0 fully saturated rings. The van der Waals surface area contributed by atoms with Gasteiger partial charge in [0, 0.05) is 18.8 Å². The lowest BCUT2D eigenvalue weighted by Gasteiger charge is -2.19.